The minimum Gasteiger partial charge on any atom is -0.481 e. The lowest BCUT2D eigenvalue weighted by molar-refractivity contribution is -0.138. The zero-order valence-electron chi connectivity index (χ0n) is 9.32. The molecule has 1 atom stereocenters. The number of rotatable bonds is 3. The number of hydrogen-bond acceptors (Lipinski definition) is 2. The van der Waals surface area contributed by atoms with Crippen molar-refractivity contribution in [3.8, 4) is 0 Å². The monoisotopic (exact) mass is 226 g/mol. The summed E-state index contributed by atoms with van der Waals surface area (Å²) in [6.07, 6.45) is 5.61. The summed E-state index contributed by atoms with van der Waals surface area (Å²) in [5, 5.41) is 11.6. The van der Waals surface area contributed by atoms with E-state index in [9.17, 15) is 9.59 Å². The van der Waals surface area contributed by atoms with E-state index in [-0.39, 0.29) is 24.5 Å². The van der Waals surface area contributed by atoms with Crippen molar-refractivity contribution in [2.75, 3.05) is 6.54 Å². The third kappa shape index (κ3) is 2.28. The zero-order chi connectivity index (χ0) is 11.5. The summed E-state index contributed by atoms with van der Waals surface area (Å²) >= 11 is 0. The lowest BCUT2D eigenvalue weighted by Crippen LogP contribution is -2.44. The summed E-state index contributed by atoms with van der Waals surface area (Å²) in [5.41, 5.74) is 0. The van der Waals surface area contributed by atoms with Crippen molar-refractivity contribution in [1.29, 1.82) is 0 Å². The van der Waals surface area contributed by atoms with Crippen LogP contribution in [0.3, 0.4) is 0 Å². The molecule has 0 bridgehead atoms. The molecule has 2 rings (SSSR count). The fourth-order valence-electron chi connectivity index (χ4n) is 2.76. The molecule has 0 aromatic heterocycles. The van der Waals surface area contributed by atoms with E-state index in [1.807, 2.05) is 0 Å². The van der Waals surface area contributed by atoms with Crippen LogP contribution in [0.5, 0.6) is 0 Å². The zero-order valence-corrected chi connectivity index (χ0v) is 9.32. The van der Waals surface area contributed by atoms with Gasteiger partial charge in [0.1, 0.15) is 0 Å². The maximum Gasteiger partial charge on any atom is 0.318 e. The first-order chi connectivity index (χ1) is 7.68. The van der Waals surface area contributed by atoms with Gasteiger partial charge in [-0.15, -0.1) is 0 Å². The van der Waals surface area contributed by atoms with Crippen LogP contribution >= 0.6 is 0 Å². The molecule has 5 nitrogen and oxygen atoms in total. The minimum atomic E-state index is -0.831. The Hall–Kier alpha value is -1.26. The molecule has 2 N–H and O–H groups in total. The summed E-state index contributed by atoms with van der Waals surface area (Å²) < 4.78 is 0. The number of nitrogens with one attached hydrogen (secondary N) is 1. The lowest BCUT2D eigenvalue weighted by atomic mass is 9.93. The minimum absolute atomic E-state index is 0.0508. The van der Waals surface area contributed by atoms with Crippen LogP contribution < -0.4 is 5.32 Å². The molecule has 1 saturated heterocycles. The van der Waals surface area contributed by atoms with E-state index in [0.29, 0.717) is 6.54 Å². The van der Waals surface area contributed by atoms with Gasteiger partial charge in [0.05, 0.1) is 12.5 Å². The third-order valence-electron chi connectivity index (χ3n) is 3.50. The second kappa shape index (κ2) is 4.72. The molecule has 16 heavy (non-hydrogen) atoms. The largest absolute Gasteiger partial charge is 0.481 e. The molecule has 1 aliphatic heterocycles. The van der Waals surface area contributed by atoms with Crippen molar-refractivity contribution < 1.29 is 14.7 Å². The van der Waals surface area contributed by atoms with Crippen LogP contribution in [0.15, 0.2) is 0 Å². The van der Waals surface area contributed by atoms with Crippen molar-refractivity contribution in [3.05, 3.63) is 0 Å². The second-order valence-corrected chi connectivity index (χ2v) is 4.64. The Kier molecular flexibility index (Phi) is 3.31. The first kappa shape index (κ1) is 11.2. The van der Waals surface area contributed by atoms with E-state index in [0.717, 1.165) is 25.7 Å². The Morgan fingerprint density at radius 3 is 2.69 bits per heavy atom. The van der Waals surface area contributed by atoms with Gasteiger partial charge in [-0.1, -0.05) is 19.3 Å². The molecule has 1 saturated carbocycles. The van der Waals surface area contributed by atoms with Crippen molar-refractivity contribution in [1.82, 2.24) is 10.2 Å². The number of aliphatic carboxylic acids is 1. The molecular weight excluding hydrogens is 208 g/mol. The van der Waals surface area contributed by atoms with E-state index >= 15 is 0 Å². The fourth-order valence-corrected chi connectivity index (χ4v) is 2.76. The molecule has 90 valence electrons. The van der Waals surface area contributed by atoms with Crippen LogP contribution in [-0.2, 0) is 4.79 Å². The van der Waals surface area contributed by atoms with Gasteiger partial charge < -0.3 is 15.3 Å². The highest BCUT2D eigenvalue weighted by molar-refractivity contribution is 5.79. The number of hydrogen-bond donors (Lipinski definition) is 2. The second-order valence-electron chi connectivity index (χ2n) is 4.64. The van der Waals surface area contributed by atoms with Gasteiger partial charge in [0.15, 0.2) is 0 Å². The summed E-state index contributed by atoms with van der Waals surface area (Å²) in [7, 11) is 0. The summed E-state index contributed by atoms with van der Waals surface area (Å²) in [6, 6.07) is 0.00634. The highest BCUT2D eigenvalue weighted by atomic mass is 16.4. The molecular formula is C11H18N2O3. The number of carboxylic acids is 1. The van der Waals surface area contributed by atoms with E-state index < -0.39 is 5.97 Å². The predicted molar refractivity (Wildman–Crippen MR) is 58.2 cm³/mol. The molecule has 2 aliphatic rings. The number of carboxylic acid groups (broad SMARTS) is 1. The van der Waals surface area contributed by atoms with E-state index in [4.69, 9.17) is 5.11 Å². The standard InChI is InChI=1S/C11H18N2O3/c14-10(15)6-9-7-12-11(16)13(9)8-4-2-1-3-5-8/h8-9H,1-7H2,(H,12,16)(H,14,15). The van der Waals surface area contributed by atoms with Gasteiger partial charge in [-0.2, -0.15) is 0 Å². The number of amides is 2. The first-order valence-corrected chi connectivity index (χ1v) is 5.96. The Balaban J connectivity index is 2.02. The van der Waals surface area contributed by atoms with Crippen molar-refractivity contribution in [2.45, 2.75) is 50.6 Å². The van der Waals surface area contributed by atoms with Crippen molar-refractivity contribution in [3.63, 3.8) is 0 Å². The summed E-state index contributed by atoms with van der Waals surface area (Å²) in [4.78, 5) is 24.2. The number of nitrogens with zero attached hydrogens (tertiary/aromatic N) is 1. The molecule has 0 radical (unpaired) electrons. The van der Waals surface area contributed by atoms with Crippen LogP contribution in [0.4, 0.5) is 4.79 Å². The lowest BCUT2D eigenvalue weighted by Gasteiger charge is -2.33. The van der Waals surface area contributed by atoms with Gasteiger partial charge in [-0.05, 0) is 12.8 Å². The maximum atomic E-state index is 11.7. The van der Waals surface area contributed by atoms with Gasteiger partial charge in [-0.25, -0.2) is 4.79 Å². The van der Waals surface area contributed by atoms with Crippen LogP contribution in [0.2, 0.25) is 0 Å². The molecule has 0 aromatic rings. The van der Waals surface area contributed by atoms with Crippen molar-refractivity contribution in [2.24, 2.45) is 0 Å². The van der Waals surface area contributed by atoms with Crippen LogP contribution in [0.1, 0.15) is 38.5 Å². The molecule has 1 aliphatic carbocycles. The summed E-state index contributed by atoms with van der Waals surface area (Å²) in [6.45, 7) is 0.474. The highest BCUT2D eigenvalue weighted by Crippen LogP contribution is 2.26. The van der Waals surface area contributed by atoms with Crippen LogP contribution in [0, 0.1) is 0 Å². The summed E-state index contributed by atoms with van der Waals surface area (Å²) in [5.74, 6) is -0.831. The molecule has 2 amide bonds. The SMILES string of the molecule is O=C(O)CC1CNC(=O)N1C1CCCCC1. The maximum absolute atomic E-state index is 11.7. The average Bonchev–Trinajstić information content (AvgIpc) is 2.60. The molecule has 0 spiro atoms. The molecule has 5 heteroatoms. The highest BCUT2D eigenvalue weighted by Gasteiger charge is 2.37. The van der Waals surface area contributed by atoms with Gasteiger partial charge in [0.25, 0.3) is 0 Å². The van der Waals surface area contributed by atoms with Crippen LogP contribution in [0.25, 0.3) is 0 Å². The molecule has 0 aromatic carbocycles. The fraction of sp³-hybridized carbons (Fsp3) is 0.818. The van der Waals surface area contributed by atoms with Crippen LogP contribution in [-0.4, -0.2) is 40.6 Å². The smallest absolute Gasteiger partial charge is 0.318 e. The van der Waals surface area contributed by atoms with Gasteiger partial charge in [-0.3, -0.25) is 4.79 Å². The van der Waals surface area contributed by atoms with Gasteiger partial charge in [0.2, 0.25) is 0 Å². The Labute approximate surface area is 94.8 Å². The normalized spacial score (nSPS) is 26.9. The Morgan fingerprint density at radius 2 is 2.06 bits per heavy atom. The van der Waals surface area contributed by atoms with E-state index in [2.05, 4.69) is 5.32 Å². The van der Waals surface area contributed by atoms with E-state index in [1.165, 1.54) is 6.42 Å². The van der Waals surface area contributed by atoms with E-state index in [1.54, 1.807) is 4.90 Å². The predicted octanol–water partition coefficient (Wildman–Crippen LogP) is 1.19. The van der Waals surface area contributed by atoms with Gasteiger partial charge in [0, 0.05) is 12.6 Å². The van der Waals surface area contributed by atoms with Gasteiger partial charge >= 0.3 is 12.0 Å². The topological polar surface area (TPSA) is 69.6 Å². The quantitative estimate of drug-likeness (QED) is 0.759. The number of urea groups is 1. The number of carbonyl (C=O) groups is 2. The molecule has 2 fully saturated rings. The van der Waals surface area contributed by atoms with Crippen molar-refractivity contribution >= 4 is 12.0 Å². The third-order valence-corrected chi connectivity index (χ3v) is 3.50. The number of carbonyl (C=O) groups excluding carboxylic acids is 1. The average molecular weight is 226 g/mol. The molecule has 1 unspecified atom stereocenters. The molecule has 1 heterocycles. The Morgan fingerprint density at radius 1 is 1.38 bits per heavy atom. The Bertz CT molecular complexity index is 287. The first-order valence-electron chi connectivity index (χ1n) is 5.96.